The number of hydrogen-bond acceptors (Lipinski definition) is 4. The van der Waals surface area contributed by atoms with E-state index in [2.05, 4.69) is 0 Å². The van der Waals surface area contributed by atoms with Crippen molar-refractivity contribution in [1.82, 2.24) is 0 Å². The monoisotopic (exact) mass is 258 g/mol. The summed E-state index contributed by atoms with van der Waals surface area (Å²) in [4.78, 5) is 21.5. The van der Waals surface area contributed by atoms with Crippen LogP contribution in [-0.2, 0) is 4.79 Å². The third-order valence-electron chi connectivity index (χ3n) is 2.28. The van der Waals surface area contributed by atoms with E-state index >= 15 is 0 Å². The number of halogens is 1. The van der Waals surface area contributed by atoms with Crippen LogP contribution in [0.15, 0.2) is 18.2 Å². The van der Waals surface area contributed by atoms with Crippen molar-refractivity contribution in [2.75, 3.05) is 0 Å². The molecule has 0 radical (unpaired) electrons. The van der Waals surface area contributed by atoms with Gasteiger partial charge in [-0.25, -0.2) is 4.79 Å². The maximum absolute atomic E-state index is 11.1. The molecule has 0 aliphatic rings. The molecule has 0 heterocycles. The smallest absolute Gasteiger partial charge is 0.335 e. The number of carbonyl (C=O) groups is 2. The van der Waals surface area contributed by atoms with Crippen molar-refractivity contribution < 1.29 is 24.9 Å². The average Bonchev–Trinajstić information content (AvgIpc) is 2.26. The van der Waals surface area contributed by atoms with Gasteiger partial charge in [-0.05, 0) is 13.0 Å². The van der Waals surface area contributed by atoms with Gasteiger partial charge in [0, 0.05) is 16.1 Å². The van der Waals surface area contributed by atoms with Gasteiger partial charge in [-0.15, -0.1) is 0 Å². The summed E-state index contributed by atoms with van der Waals surface area (Å²) in [5, 5.41) is 27.3. The minimum absolute atomic E-state index is 0.0329. The molecule has 0 saturated heterocycles. The minimum Gasteiger partial charge on any atom is -0.479 e. The molecule has 5 nitrogen and oxygen atoms in total. The Morgan fingerprint density at radius 2 is 1.88 bits per heavy atom. The summed E-state index contributed by atoms with van der Waals surface area (Å²) in [6.45, 7) is 1.36. The fraction of sp³-hybridized carbons (Fsp3) is 0.273. The van der Waals surface area contributed by atoms with Crippen LogP contribution >= 0.6 is 11.6 Å². The van der Waals surface area contributed by atoms with E-state index in [-0.39, 0.29) is 16.4 Å². The van der Waals surface area contributed by atoms with Gasteiger partial charge in [0.1, 0.15) is 6.10 Å². The normalized spacial score (nSPS) is 14.1. The molecule has 2 unspecified atom stereocenters. The molecular formula is C11H11ClO5. The van der Waals surface area contributed by atoms with Crippen LogP contribution in [-0.4, -0.2) is 33.2 Å². The lowest BCUT2D eigenvalue weighted by molar-refractivity contribution is -0.153. The van der Waals surface area contributed by atoms with E-state index in [1.165, 1.54) is 25.1 Å². The minimum atomic E-state index is -1.96. The summed E-state index contributed by atoms with van der Waals surface area (Å²) in [5.74, 6) is -1.75. The summed E-state index contributed by atoms with van der Waals surface area (Å²) in [6.07, 6.45) is -3.60. The number of aliphatic carboxylic acids is 1. The van der Waals surface area contributed by atoms with Crippen LogP contribution in [0.4, 0.5) is 0 Å². The second-order valence-corrected chi connectivity index (χ2v) is 3.93. The Labute approximate surface area is 102 Å². The number of carboxylic acids is 1. The van der Waals surface area contributed by atoms with Crippen LogP contribution in [0, 0.1) is 0 Å². The lowest BCUT2D eigenvalue weighted by Gasteiger charge is -2.16. The van der Waals surface area contributed by atoms with Crippen molar-refractivity contribution in [1.29, 1.82) is 0 Å². The zero-order valence-electron chi connectivity index (χ0n) is 8.92. The van der Waals surface area contributed by atoms with Gasteiger partial charge < -0.3 is 15.3 Å². The van der Waals surface area contributed by atoms with Crippen LogP contribution in [0.3, 0.4) is 0 Å². The summed E-state index contributed by atoms with van der Waals surface area (Å²) in [5.41, 5.74) is 0.405. The van der Waals surface area contributed by atoms with Crippen LogP contribution in [0.1, 0.15) is 28.9 Å². The Bertz CT molecular complexity index is 457. The highest BCUT2D eigenvalue weighted by Crippen LogP contribution is 2.26. The number of ketones is 1. The highest BCUT2D eigenvalue weighted by atomic mass is 35.5. The van der Waals surface area contributed by atoms with E-state index in [1.807, 2.05) is 0 Å². The zero-order chi connectivity index (χ0) is 13.2. The highest BCUT2D eigenvalue weighted by molar-refractivity contribution is 6.31. The van der Waals surface area contributed by atoms with Gasteiger partial charge in [-0.1, -0.05) is 23.7 Å². The van der Waals surface area contributed by atoms with Gasteiger partial charge in [0.2, 0.25) is 0 Å². The number of Topliss-reactive ketones (excluding diaryl/α,β-unsaturated/α-hetero) is 1. The van der Waals surface area contributed by atoms with E-state index in [4.69, 9.17) is 16.7 Å². The highest BCUT2D eigenvalue weighted by Gasteiger charge is 2.26. The van der Waals surface area contributed by atoms with Crippen LogP contribution < -0.4 is 0 Å². The third-order valence-corrected chi connectivity index (χ3v) is 2.61. The molecule has 0 saturated carbocycles. The molecule has 0 aliphatic heterocycles. The molecule has 2 atom stereocenters. The first-order valence-corrected chi connectivity index (χ1v) is 5.11. The third kappa shape index (κ3) is 3.03. The van der Waals surface area contributed by atoms with Crippen molar-refractivity contribution in [3.8, 4) is 0 Å². The zero-order valence-corrected chi connectivity index (χ0v) is 9.68. The average molecular weight is 259 g/mol. The Balaban J connectivity index is 3.08. The van der Waals surface area contributed by atoms with E-state index in [0.717, 1.165) is 0 Å². The second-order valence-electron chi connectivity index (χ2n) is 3.52. The lowest BCUT2D eigenvalue weighted by Crippen LogP contribution is -2.27. The van der Waals surface area contributed by atoms with Crippen molar-refractivity contribution >= 4 is 23.4 Å². The van der Waals surface area contributed by atoms with Gasteiger partial charge in [-0.3, -0.25) is 4.79 Å². The quantitative estimate of drug-likeness (QED) is 0.701. The maximum atomic E-state index is 11.1. The second kappa shape index (κ2) is 5.27. The van der Waals surface area contributed by atoms with Crippen molar-refractivity contribution in [2.24, 2.45) is 0 Å². The van der Waals surface area contributed by atoms with E-state index < -0.39 is 18.2 Å². The molecule has 92 valence electrons. The number of aliphatic hydroxyl groups excluding tert-OH is 2. The van der Waals surface area contributed by atoms with Gasteiger partial charge in [-0.2, -0.15) is 0 Å². The first-order chi connectivity index (χ1) is 7.84. The molecular weight excluding hydrogens is 248 g/mol. The Hall–Kier alpha value is -1.43. The summed E-state index contributed by atoms with van der Waals surface area (Å²) >= 11 is 5.80. The first kappa shape index (κ1) is 13.6. The summed E-state index contributed by atoms with van der Waals surface area (Å²) in [6, 6.07) is 4.04. The van der Waals surface area contributed by atoms with Crippen molar-refractivity contribution in [3.63, 3.8) is 0 Å². The molecule has 6 heteroatoms. The van der Waals surface area contributed by atoms with Crippen LogP contribution in [0.2, 0.25) is 5.02 Å². The van der Waals surface area contributed by atoms with Crippen LogP contribution in [0.5, 0.6) is 0 Å². The number of aliphatic hydroxyl groups is 2. The molecule has 1 rings (SSSR count). The molecule has 0 aliphatic carbocycles. The van der Waals surface area contributed by atoms with Gasteiger partial charge in [0.25, 0.3) is 0 Å². The van der Waals surface area contributed by atoms with E-state index in [1.54, 1.807) is 0 Å². The number of benzene rings is 1. The fourth-order valence-electron chi connectivity index (χ4n) is 1.29. The summed E-state index contributed by atoms with van der Waals surface area (Å²) < 4.78 is 0. The number of hydrogen-bond donors (Lipinski definition) is 3. The van der Waals surface area contributed by atoms with Gasteiger partial charge in [0.05, 0.1) is 0 Å². The van der Waals surface area contributed by atoms with E-state index in [9.17, 15) is 19.8 Å². The summed E-state index contributed by atoms with van der Waals surface area (Å²) in [7, 11) is 0. The molecule has 1 aromatic carbocycles. The number of carboxylic acid groups (broad SMARTS) is 1. The van der Waals surface area contributed by atoms with E-state index in [0.29, 0.717) is 5.56 Å². The Morgan fingerprint density at radius 1 is 1.29 bits per heavy atom. The van der Waals surface area contributed by atoms with Crippen molar-refractivity contribution in [3.05, 3.63) is 34.3 Å². The lowest BCUT2D eigenvalue weighted by atomic mass is 10.0. The number of rotatable bonds is 4. The van der Waals surface area contributed by atoms with Gasteiger partial charge in [0.15, 0.2) is 11.9 Å². The van der Waals surface area contributed by atoms with Crippen LogP contribution in [0.25, 0.3) is 0 Å². The topological polar surface area (TPSA) is 94.8 Å². The molecule has 0 aromatic heterocycles. The maximum Gasteiger partial charge on any atom is 0.335 e. The molecule has 0 amide bonds. The first-order valence-electron chi connectivity index (χ1n) is 4.74. The Kier molecular flexibility index (Phi) is 4.22. The molecule has 0 bridgehead atoms. The largest absolute Gasteiger partial charge is 0.479 e. The predicted molar refractivity (Wildman–Crippen MR) is 60.1 cm³/mol. The number of carbonyl (C=O) groups excluding carboxylic acids is 1. The van der Waals surface area contributed by atoms with Crippen molar-refractivity contribution in [2.45, 2.75) is 19.1 Å². The molecule has 3 N–H and O–H groups in total. The molecule has 0 fully saturated rings. The predicted octanol–water partition coefficient (Wildman–Crippen LogP) is 1.02. The van der Waals surface area contributed by atoms with Gasteiger partial charge >= 0.3 is 5.97 Å². The molecule has 0 spiro atoms. The molecule has 17 heavy (non-hydrogen) atoms. The SMILES string of the molecule is CC(=O)c1ccc(C(O)C(O)C(=O)O)c(Cl)c1. The Morgan fingerprint density at radius 3 is 2.29 bits per heavy atom. The molecule has 1 aromatic rings. The standard InChI is InChI=1S/C11H11ClO5/c1-5(13)6-2-3-7(8(12)4-6)9(14)10(15)11(16)17/h2-4,9-10,14-15H,1H3,(H,16,17). The fourth-order valence-corrected chi connectivity index (χ4v) is 1.58.